The first-order chi connectivity index (χ1) is 12.4. The lowest BCUT2D eigenvalue weighted by atomic mass is 10.1. The molecule has 0 aliphatic rings. The molecule has 8 nitrogen and oxygen atoms in total. The topological polar surface area (TPSA) is 130 Å². The molecule has 0 unspecified atom stereocenters. The third kappa shape index (κ3) is 5.06. The predicted molar refractivity (Wildman–Crippen MR) is 100 cm³/mol. The number of unbranched alkanes of at least 4 members (excludes halogenated alkanes) is 1. The number of rotatable bonds is 7. The number of aromatic nitrogens is 1. The maximum atomic E-state index is 12.3. The van der Waals surface area contributed by atoms with Crippen molar-refractivity contribution in [2.75, 3.05) is 18.5 Å². The molecule has 0 spiro atoms. The van der Waals surface area contributed by atoms with E-state index in [-0.39, 0.29) is 12.5 Å². The van der Waals surface area contributed by atoms with E-state index in [1.54, 1.807) is 18.2 Å². The number of hydrogen-bond donors (Lipinski definition) is 4. The number of pyridine rings is 1. The average molecular weight is 378 g/mol. The summed E-state index contributed by atoms with van der Waals surface area (Å²) in [5.41, 5.74) is 5.67. The zero-order valence-corrected chi connectivity index (χ0v) is 15.0. The Hall–Kier alpha value is -2.87. The van der Waals surface area contributed by atoms with Gasteiger partial charge in [-0.05, 0) is 18.6 Å². The molecule has 2 aromatic rings. The maximum Gasteiger partial charge on any atom is 0.325 e. The van der Waals surface area contributed by atoms with Crippen LogP contribution in [-0.4, -0.2) is 36.0 Å². The minimum Gasteiger partial charge on any atom is -0.464 e. The van der Waals surface area contributed by atoms with Crippen LogP contribution in [0.2, 0.25) is 5.02 Å². The van der Waals surface area contributed by atoms with Gasteiger partial charge in [-0.25, -0.2) is 4.98 Å². The Morgan fingerprint density at radius 1 is 1.35 bits per heavy atom. The van der Waals surface area contributed by atoms with E-state index in [4.69, 9.17) is 27.5 Å². The van der Waals surface area contributed by atoms with Crippen molar-refractivity contribution in [2.45, 2.75) is 19.8 Å². The third-order valence-electron chi connectivity index (χ3n) is 3.51. The lowest BCUT2D eigenvalue weighted by molar-refractivity contribution is -0.142. The molecule has 1 amide bonds. The molecule has 0 aliphatic heterocycles. The van der Waals surface area contributed by atoms with Gasteiger partial charge in [-0.1, -0.05) is 31.0 Å². The van der Waals surface area contributed by atoms with Gasteiger partial charge in [-0.15, -0.1) is 0 Å². The smallest absolute Gasteiger partial charge is 0.325 e. The molecule has 26 heavy (non-hydrogen) atoms. The Balaban J connectivity index is 2.15. The summed E-state index contributed by atoms with van der Waals surface area (Å²) in [6.45, 7) is 2.12. The fraction of sp³-hybridized carbons (Fsp3) is 0.294. The van der Waals surface area contributed by atoms with Crippen LogP contribution in [0.3, 0.4) is 0 Å². The summed E-state index contributed by atoms with van der Waals surface area (Å²) in [5, 5.41) is 14.1. The molecule has 0 saturated heterocycles. The summed E-state index contributed by atoms with van der Waals surface area (Å²) in [6, 6.07) is 4.82. The molecule has 1 aromatic heterocycles. The van der Waals surface area contributed by atoms with Gasteiger partial charge in [0.2, 0.25) is 0 Å². The molecule has 0 atom stereocenters. The summed E-state index contributed by atoms with van der Waals surface area (Å²) < 4.78 is 4.99. The Morgan fingerprint density at radius 3 is 2.81 bits per heavy atom. The number of hydrogen-bond acceptors (Lipinski definition) is 5. The SMILES string of the molecule is CCCCOC(=O)CNC(=O)c1ccc2c(Cl)cnc(NC(=N)N)c2c1. The van der Waals surface area contributed by atoms with E-state index in [2.05, 4.69) is 15.6 Å². The summed E-state index contributed by atoms with van der Waals surface area (Å²) in [6.07, 6.45) is 3.13. The molecule has 0 bridgehead atoms. The van der Waals surface area contributed by atoms with Crippen LogP contribution in [0, 0.1) is 5.41 Å². The van der Waals surface area contributed by atoms with Gasteiger partial charge in [0, 0.05) is 22.5 Å². The number of benzene rings is 1. The number of anilines is 1. The van der Waals surface area contributed by atoms with Gasteiger partial charge in [-0.3, -0.25) is 15.0 Å². The van der Waals surface area contributed by atoms with Crippen LogP contribution in [-0.2, 0) is 9.53 Å². The molecule has 0 saturated carbocycles. The highest BCUT2D eigenvalue weighted by atomic mass is 35.5. The zero-order valence-electron chi connectivity index (χ0n) is 14.3. The summed E-state index contributed by atoms with van der Waals surface area (Å²) in [5.74, 6) is -0.902. The first-order valence-corrected chi connectivity index (χ1v) is 8.43. The van der Waals surface area contributed by atoms with Crippen molar-refractivity contribution < 1.29 is 14.3 Å². The van der Waals surface area contributed by atoms with Crippen LogP contribution in [0.25, 0.3) is 10.8 Å². The second-order valence-corrected chi connectivity index (χ2v) is 5.92. The summed E-state index contributed by atoms with van der Waals surface area (Å²) >= 11 is 6.12. The number of nitrogens with one attached hydrogen (secondary N) is 3. The number of fused-ring (bicyclic) bond motifs is 1. The number of nitrogens with zero attached hydrogens (tertiary/aromatic N) is 1. The molecule has 2 rings (SSSR count). The monoisotopic (exact) mass is 377 g/mol. The number of esters is 1. The highest BCUT2D eigenvalue weighted by Crippen LogP contribution is 2.28. The van der Waals surface area contributed by atoms with E-state index in [0.717, 1.165) is 12.8 Å². The lowest BCUT2D eigenvalue weighted by Gasteiger charge is -2.10. The fourth-order valence-electron chi connectivity index (χ4n) is 2.21. The summed E-state index contributed by atoms with van der Waals surface area (Å²) in [4.78, 5) is 27.9. The van der Waals surface area contributed by atoms with Crippen LogP contribution >= 0.6 is 11.6 Å². The van der Waals surface area contributed by atoms with Crippen molar-refractivity contribution >= 4 is 46.0 Å². The standard InChI is InChI=1S/C17H20ClN5O3/c1-2-3-6-26-14(24)9-22-16(25)10-4-5-11-12(7-10)15(23-17(19)20)21-8-13(11)18/h4-5,7-8H,2-3,6,9H2,1H3,(H,22,25)(H4,19,20,21,23). The van der Waals surface area contributed by atoms with Crippen LogP contribution in [0.1, 0.15) is 30.1 Å². The number of amides is 1. The number of halogens is 1. The Kier molecular flexibility index (Phi) is 6.74. The maximum absolute atomic E-state index is 12.3. The van der Waals surface area contributed by atoms with Crippen molar-refractivity contribution in [3.05, 3.63) is 35.0 Å². The lowest BCUT2D eigenvalue weighted by Crippen LogP contribution is -2.30. The van der Waals surface area contributed by atoms with Gasteiger partial charge >= 0.3 is 5.97 Å². The predicted octanol–water partition coefficient (Wildman–Crippen LogP) is 2.27. The second kappa shape index (κ2) is 9.00. The number of carbonyl (C=O) groups excluding carboxylic acids is 2. The second-order valence-electron chi connectivity index (χ2n) is 5.51. The highest BCUT2D eigenvalue weighted by molar-refractivity contribution is 6.36. The van der Waals surface area contributed by atoms with Crippen molar-refractivity contribution in [1.82, 2.24) is 10.3 Å². The largest absolute Gasteiger partial charge is 0.464 e. The van der Waals surface area contributed by atoms with Crippen LogP contribution < -0.4 is 16.4 Å². The molecule has 0 aliphatic carbocycles. The van der Waals surface area contributed by atoms with Gasteiger partial charge in [0.1, 0.15) is 12.4 Å². The van der Waals surface area contributed by atoms with Crippen molar-refractivity contribution in [2.24, 2.45) is 5.73 Å². The van der Waals surface area contributed by atoms with Crippen LogP contribution in [0.15, 0.2) is 24.4 Å². The number of carbonyl (C=O) groups is 2. The van der Waals surface area contributed by atoms with E-state index in [1.807, 2.05) is 6.92 Å². The first-order valence-electron chi connectivity index (χ1n) is 8.05. The molecule has 0 radical (unpaired) electrons. The van der Waals surface area contributed by atoms with Gasteiger partial charge in [0.05, 0.1) is 11.6 Å². The van der Waals surface area contributed by atoms with Crippen molar-refractivity contribution in [1.29, 1.82) is 5.41 Å². The normalized spacial score (nSPS) is 10.4. The molecule has 0 fully saturated rings. The minimum atomic E-state index is -0.490. The Labute approximate surface area is 155 Å². The first kappa shape index (κ1) is 19.5. The van der Waals surface area contributed by atoms with E-state index in [1.165, 1.54) is 6.20 Å². The molecule has 138 valence electrons. The molecule has 1 aromatic carbocycles. The zero-order chi connectivity index (χ0) is 19.1. The molecular formula is C17H20ClN5O3. The molecule has 5 N–H and O–H groups in total. The van der Waals surface area contributed by atoms with Crippen molar-refractivity contribution in [3.8, 4) is 0 Å². The number of nitrogens with two attached hydrogens (primary N) is 1. The number of ether oxygens (including phenoxy) is 1. The average Bonchev–Trinajstić information content (AvgIpc) is 2.61. The van der Waals surface area contributed by atoms with Crippen LogP contribution in [0.4, 0.5) is 5.82 Å². The molecular weight excluding hydrogens is 358 g/mol. The van der Waals surface area contributed by atoms with Crippen LogP contribution in [0.5, 0.6) is 0 Å². The minimum absolute atomic E-state index is 0.215. The summed E-state index contributed by atoms with van der Waals surface area (Å²) in [7, 11) is 0. The van der Waals surface area contributed by atoms with E-state index in [9.17, 15) is 9.59 Å². The van der Waals surface area contributed by atoms with Gasteiger partial charge < -0.3 is 21.1 Å². The van der Waals surface area contributed by atoms with Gasteiger partial charge in [0.25, 0.3) is 5.91 Å². The highest BCUT2D eigenvalue weighted by Gasteiger charge is 2.13. The molecule has 1 heterocycles. The Bertz CT molecular complexity index is 841. The quantitative estimate of drug-likeness (QED) is 0.253. The van der Waals surface area contributed by atoms with E-state index < -0.39 is 11.9 Å². The third-order valence-corrected chi connectivity index (χ3v) is 3.81. The van der Waals surface area contributed by atoms with E-state index in [0.29, 0.717) is 33.8 Å². The van der Waals surface area contributed by atoms with Gasteiger partial charge in [-0.2, -0.15) is 0 Å². The fourth-order valence-corrected chi connectivity index (χ4v) is 2.43. The number of guanidine groups is 1. The Morgan fingerprint density at radius 2 is 2.12 bits per heavy atom. The van der Waals surface area contributed by atoms with Crippen molar-refractivity contribution in [3.63, 3.8) is 0 Å². The van der Waals surface area contributed by atoms with E-state index >= 15 is 0 Å². The molecule has 9 heteroatoms. The van der Waals surface area contributed by atoms with Gasteiger partial charge in [0.15, 0.2) is 5.96 Å².